The Hall–Kier alpha value is -1.85. The maximum atomic E-state index is 10.1. The molecule has 1 aromatic rings. The predicted molar refractivity (Wildman–Crippen MR) is 52.2 cm³/mol. The van der Waals surface area contributed by atoms with E-state index in [-0.39, 0.29) is 12.6 Å². The number of hydrogen-bond acceptors (Lipinski definition) is 6. The first-order valence-electron chi connectivity index (χ1n) is 4.23. The summed E-state index contributed by atoms with van der Waals surface area (Å²) >= 11 is 0. The molecule has 0 saturated heterocycles. The molecule has 0 bridgehead atoms. The van der Waals surface area contributed by atoms with Crippen molar-refractivity contribution in [3.8, 4) is 5.75 Å². The van der Waals surface area contributed by atoms with E-state index in [1.807, 2.05) is 0 Å². The fourth-order valence-corrected chi connectivity index (χ4v) is 1.29. The lowest BCUT2D eigenvalue weighted by Crippen LogP contribution is -2.34. The summed E-state index contributed by atoms with van der Waals surface area (Å²) in [4.78, 5) is 14.1. The lowest BCUT2D eigenvalue weighted by atomic mass is 10.2. The highest BCUT2D eigenvalue weighted by atomic mass is 16.5. The van der Waals surface area contributed by atoms with Crippen molar-refractivity contribution in [3.63, 3.8) is 0 Å². The molecular formula is C8H10N4O2. The quantitative estimate of drug-likeness (QED) is 0.673. The van der Waals surface area contributed by atoms with Gasteiger partial charge in [0, 0.05) is 6.07 Å². The Bertz CT molecular complexity index is 355. The van der Waals surface area contributed by atoms with Gasteiger partial charge in [-0.25, -0.2) is 4.98 Å². The van der Waals surface area contributed by atoms with E-state index in [2.05, 4.69) is 15.5 Å². The molecule has 0 fully saturated rings. The molecule has 0 aromatic carbocycles. The van der Waals surface area contributed by atoms with Crippen molar-refractivity contribution in [2.24, 2.45) is 5.18 Å². The first-order valence-corrected chi connectivity index (χ1v) is 4.23. The van der Waals surface area contributed by atoms with Gasteiger partial charge in [-0.15, -0.1) is 0 Å². The third kappa shape index (κ3) is 1.59. The summed E-state index contributed by atoms with van der Waals surface area (Å²) in [7, 11) is 0. The number of hydrogen-bond donors (Lipinski definition) is 2. The number of nitrogens with zero attached hydrogens (tertiary/aromatic N) is 2. The van der Waals surface area contributed by atoms with Crippen molar-refractivity contribution in [1.82, 2.24) is 4.98 Å². The minimum absolute atomic E-state index is 0.101. The van der Waals surface area contributed by atoms with Gasteiger partial charge in [0.05, 0.1) is 17.9 Å². The SMILES string of the molecule is Nc1cnc2c(c1)OCC(CN=O)N2. The Balaban J connectivity index is 2.18. The minimum Gasteiger partial charge on any atom is -0.487 e. The molecule has 0 aliphatic carbocycles. The highest BCUT2D eigenvalue weighted by Gasteiger charge is 2.19. The van der Waals surface area contributed by atoms with Crippen LogP contribution in [0.4, 0.5) is 11.5 Å². The number of nitrogens with two attached hydrogens (primary N) is 1. The molecule has 74 valence electrons. The number of rotatable bonds is 2. The number of fused-ring (bicyclic) bond motifs is 1. The van der Waals surface area contributed by atoms with Gasteiger partial charge in [-0.3, -0.25) is 0 Å². The number of nitroso groups, excluding NO2 is 1. The Morgan fingerprint density at radius 1 is 1.79 bits per heavy atom. The third-order valence-electron chi connectivity index (χ3n) is 1.95. The van der Waals surface area contributed by atoms with Gasteiger partial charge in [0.25, 0.3) is 0 Å². The molecule has 1 unspecified atom stereocenters. The third-order valence-corrected chi connectivity index (χ3v) is 1.95. The van der Waals surface area contributed by atoms with Gasteiger partial charge in [0.1, 0.15) is 13.2 Å². The van der Waals surface area contributed by atoms with Gasteiger partial charge in [-0.2, -0.15) is 4.91 Å². The van der Waals surface area contributed by atoms with Gasteiger partial charge in [0.15, 0.2) is 11.6 Å². The van der Waals surface area contributed by atoms with E-state index < -0.39 is 0 Å². The second-order valence-corrected chi connectivity index (χ2v) is 3.08. The number of ether oxygens (including phenoxy) is 1. The summed E-state index contributed by atoms with van der Waals surface area (Å²) in [5.41, 5.74) is 6.09. The Labute approximate surface area is 80.4 Å². The molecule has 1 aliphatic heterocycles. The van der Waals surface area contributed by atoms with E-state index in [4.69, 9.17) is 10.5 Å². The molecule has 1 aliphatic rings. The number of pyridine rings is 1. The van der Waals surface area contributed by atoms with Crippen LogP contribution >= 0.6 is 0 Å². The van der Waals surface area contributed by atoms with Crippen molar-refractivity contribution in [3.05, 3.63) is 17.2 Å². The number of nitrogen functional groups attached to an aromatic ring is 1. The molecule has 0 saturated carbocycles. The average Bonchev–Trinajstić information content (AvgIpc) is 2.19. The van der Waals surface area contributed by atoms with Gasteiger partial charge in [0.2, 0.25) is 0 Å². The topological polar surface area (TPSA) is 89.6 Å². The maximum absolute atomic E-state index is 10.1. The maximum Gasteiger partial charge on any atom is 0.169 e. The van der Waals surface area contributed by atoms with E-state index >= 15 is 0 Å². The van der Waals surface area contributed by atoms with Crippen LogP contribution in [-0.2, 0) is 0 Å². The highest BCUT2D eigenvalue weighted by Crippen LogP contribution is 2.27. The van der Waals surface area contributed by atoms with Gasteiger partial charge in [-0.1, -0.05) is 5.18 Å². The summed E-state index contributed by atoms with van der Waals surface area (Å²) in [6.07, 6.45) is 1.53. The van der Waals surface area contributed by atoms with Crippen LogP contribution in [0, 0.1) is 4.91 Å². The summed E-state index contributed by atoms with van der Waals surface area (Å²) < 4.78 is 5.37. The first-order chi connectivity index (χ1) is 6.79. The Kier molecular flexibility index (Phi) is 2.18. The van der Waals surface area contributed by atoms with Crippen LogP contribution in [0.15, 0.2) is 17.4 Å². The molecule has 2 rings (SSSR count). The average molecular weight is 194 g/mol. The number of aromatic nitrogens is 1. The normalized spacial score (nSPS) is 19.0. The fourth-order valence-electron chi connectivity index (χ4n) is 1.29. The van der Waals surface area contributed by atoms with Gasteiger partial charge < -0.3 is 15.8 Å². The van der Waals surface area contributed by atoms with Crippen LogP contribution < -0.4 is 15.8 Å². The zero-order valence-corrected chi connectivity index (χ0v) is 7.43. The monoisotopic (exact) mass is 194 g/mol. The van der Waals surface area contributed by atoms with Crippen molar-refractivity contribution < 1.29 is 4.74 Å². The second-order valence-electron chi connectivity index (χ2n) is 3.08. The zero-order chi connectivity index (χ0) is 9.97. The van der Waals surface area contributed by atoms with Crippen LogP contribution in [0.3, 0.4) is 0 Å². The molecular weight excluding hydrogens is 184 g/mol. The van der Waals surface area contributed by atoms with Crippen LogP contribution in [0.1, 0.15) is 0 Å². The largest absolute Gasteiger partial charge is 0.487 e. The van der Waals surface area contributed by atoms with Crippen molar-refractivity contribution in [2.45, 2.75) is 6.04 Å². The predicted octanol–water partition coefficient (Wildman–Crippen LogP) is 0.603. The van der Waals surface area contributed by atoms with E-state index in [9.17, 15) is 4.91 Å². The molecule has 6 heteroatoms. The smallest absolute Gasteiger partial charge is 0.169 e. The molecule has 2 heterocycles. The van der Waals surface area contributed by atoms with Gasteiger partial charge in [-0.05, 0) is 0 Å². The second kappa shape index (κ2) is 3.49. The minimum atomic E-state index is -0.101. The Morgan fingerprint density at radius 2 is 2.64 bits per heavy atom. The van der Waals surface area contributed by atoms with E-state index in [1.54, 1.807) is 6.07 Å². The fraction of sp³-hybridized carbons (Fsp3) is 0.375. The molecule has 0 spiro atoms. The summed E-state index contributed by atoms with van der Waals surface area (Å²) in [5.74, 6) is 1.23. The molecule has 3 N–H and O–H groups in total. The zero-order valence-electron chi connectivity index (χ0n) is 7.43. The Morgan fingerprint density at radius 3 is 3.43 bits per heavy atom. The highest BCUT2D eigenvalue weighted by molar-refractivity contribution is 5.58. The van der Waals surface area contributed by atoms with E-state index in [0.29, 0.717) is 23.9 Å². The molecule has 1 atom stereocenters. The molecule has 6 nitrogen and oxygen atoms in total. The van der Waals surface area contributed by atoms with Crippen molar-refractivity contribution >= 4 is 11.5 Å². The summed E-state index contributed by atoms with van der Waals surface area (Å²) in [6, 6.07) is 1.59. The van der Waals surface area contributed by atoms with E-state index in [0.717, 1.165) is 0 Å². The standard InChI is InChI=1S/C8H10N4O2/c9-5-1-7-8(10-2-5)12-6(3-11-13)4-14-7/h1-2,6H,3-4,9H2,(H,10,12). The lowest BCUT2D eigenvalue weighted by Gasteiger charge is -2.24. The van der Waals surface area contributed by atoms with Crippen LogP contribution in [0.2, 0.25) is 0 Å². The van der Waals surface area contributed by atoms with Crippen LogP contribution in [0.5, 0.6) is 5.75 Å². The molecule has 1 aromatic heterocycles. The molecule has 14 heavy (non-hydrogen) atoms. The number of anilines is 2. The van der Waals surface area contributed by atoms with Crippen molar-refractivity contribution in [2.75, 3.05) is 24.2 Å². The first kappa shape index (κ1) is 8.74. The molecule has 0 radical (unpaired) electrons. The summed E-state index contributed by atoms with van der Waals surface area (Å²) in [6.45, 7) is 0.579. The van der Waals surface area contributed by atoms with Gasteiger partial charge >= 0.3 is 0 Å². The number of nitrogens with one attached hydrogen (secondary N) is 1. The van der Waals surface area contributed by atoms with Crippen LogP contribution in [-0.4, -0.2) is 24.2 Å². The van der Waals surface area contributed by atoms with E-state index in [1.165, 1.54) is 6.20 Å². The summed E-state index contributed by atoms with van der Waals surface area (Å²) in [5, 5.41) is 5.84. The molecule has 0 amide bonds. The van der Waals surface area contributed by atoms with Crippen molar-refractivity contribution in [1.29, 1.82) is 0 Å². The van der Waals surface area contributed by atoms with Crippen LogP contribution in [0.25, 0.3) is 0 Å². The lowest BCUT2D eigenvalue weighted by molar-refractivity contribution is 0.285.